The Morgan fingerprint density at radius 3 is 2.00 bits per heavy atom. The fraction of sp³-hybridized carbons (Fsp3) is 0. The predicted octanol–water partition coefficient (Wildman–Crippen LogP) is 2.95. The number of nitrogens with zero attached hydrogens (tertiary/aromatic N) is 1. The summed E-state index contributed by atoms with van der Waals surface area (Å²) in [4.78, 5) is 4.03. The van der Waals surface area contributed by atoms with Crippen LogP contribution in [0.25, 0.3) is 10.9 Å². The van der Waals surface area contributed by atoms with Crippen LogP contribution in [0.4, 0.5) is 0 Å². The quantitative estimate of drug-likeness (QED) is 0.615. The number of phenols is 2. The van der Waals surface area contributed by atoms with Gasteiger partial charge >= 0.3 is 0 Å². The van der Waals surface area contributed by atoms with Gasteiger partial charge in [-0.3, -0.25) is 4.98 Å². The number of para-hydroxylation sites is 2. The molecule has 3 radical (unpaired) electrons. The Morgan fingerprint density at radius 1 is 0.737 bits per heavy atom. The lowest BCUT2D eigenvalue weighted by Crippen LogP contribution is -1.76. The van der Waals surface area contributed by atoms with Gasteiger partial charge in [-0.05, 0) is 24.3 Å². The topological polar surface area (TPSA) is 53.4 Å². The molecule has 0 spiro atoms. The zero-order valence-electron chi connectivity index (χ0n) is 10.3. The van der Waals surface area contributed by atoms with Crippen LogP contribution in [0.5, 0.6) is 11.5 Å². The second-order valence-corrected chi connectivity index (χ2v) is 3.69. The molecule has 2 N–H and O–H groups in total. The van der Waals surface area contributed by atoms with Crippen molar-refractivity contribution in [2.45, 2.75) is 0 Å². The van der Waals surface area contributed by atoms with Crippen molar-refractivity contribution < 1.29 is 10.2 Å². The van der Waals surface area contributed by atoms with E-state index in [0.717, 1.165) is 5.39 Å². The fourth-order valence-electron chi connectivity index (χ4n) is 1.52. The zero-order chi connectivity index (χ0) is 12.8. The van der Waals surface area contributed by atoms with Crippen LogP contribution in [-0.2, 0) is 0 Å². The molecule has 0 saturated heterocycles. The molecule has 2 aromatic carbocycles. The van der Waals surface area contributed by atoms with Crippen LogP contribution in [0.1, 0.15) is 0 Å². The van der Waals surface area contributed by atoms with Gasteiger partial charge in [0.05, 0.1) is 0 Å². The molecule has 0 amide bonds. The number of phenolic OH excluding ortho intramolecular Hbond substituents is 2. The molecule has 1 heterocycles. The van der Waals surface area contributed by atoms with E-state index >= 15 is 0 Å². The summed E-state index contributed by atoms with van der Waals surface area (Å²) in [6.45, 7) is 0. The summed E-state index contributed by atoms with van der Waals surface area (Å²) < 4.78 is 0. The van der Waals surface area contributed by atoms with Crippen LogP contribution in [-0.4, -0.2) is 32.6 Å². The molecule has 3 nitrogen and oxygen atoms in total. The number of rotatable bonds is 0. The Hall–Kier alpha value is -2.02. The Morgan fingerprint density at radius 2 is 1.42 bits per heavy atom. The van der Waals surface area contributed by atoms with Crippen molar-refractivity contribution in [3.05, 3.63) is 66.9 Å². The van der Waals surface area contributed by atoms with Gasteiger partial charge in [0, 0.05) is 28.9 Å². The number of pyridine rings is 1. The molecule has 3 rings (SSSR count). The van der Waals surface area contributed by atoms with E-state index < -0.39 is 0 Å². The molecular formula is C15H13AlNO2. The standard InChI is InChI=1S/C9H7NO.C6H6O.Al/c11-8-5-1-3-7-4-2-6-10-9(7)8;7-6-4-2-1-3-5-6;/h1-6,11H;1-5,7H;. The summed E-state index contributed by atoms with van der Waals surface area (Å²) >= 11 is 0. The number of fused-ring (bicyclic) bond motifs is 1. The van der Waals surface area contributed by atoms with Crippen molar-refractivity contribution in [1.29, 1.82) is 0 Å². The lowest BCUT2D eigenvalue weighted by Gasteiger charge is -1.96. The molecule has 0 fully saturated rings. The van der Waals surface area contributed by atoms with Crippen molar-refractivity contribution in [3.8, 4) is 11.5 Å². The normalized spacial score (nSPS) is 9.05. The smallest absolute Gasteiger partial charge is 0.141 e. The molecule has 1 aromatic heterocycles. The molecule has 3 aromatic rings. The summed E-state index contributed by atoms with van der Waals surface area (Å²) in [6.07, 6.45) is 1.67. The molecule has 93 valence electrons. The maximum Gasteiger partial charge on any atom is 0.141 e. The van der Waals surface area contributed by atoms with Crippen molar-refractivity contribution >= 4 is 28.3 Å². The molecule has 0 aliphatic rings. The van der Waals surface area contributed by atoms with Crippen molar-refractivity contribution in [3.63, 3.8) is 0 Å². The lowest BCUT2D eigenvalue weighted by atomic mass is 10.2. The molecule has 0 aliphatic heterocycles. The highest BCUT2D eigenvalue weighted by molar-refractivity contribution is 5.83. The number of hydrogen-bond acceptors (Lipinski definition) is 3. The second kappa shape index (κ2) is 7.42. The first-order valence-corrected chi connectivity index (χ1v) is 5.54. The lowest BCUT2D eigenvalue weighted by molar-refractivity contribution is 0.475. The highest BCUT2D eigenvalue weighted by atomic mass is 27.0. The Bertz CT molecular complexity index is 624. The van der Waals surface area contributed by atoms with Gasteiger partial charge in [0.1, 0.15) is 17.0 Å². The third-order valence-corrected chi connectivity index (χ3v) is 2.37. The number of benzene rings is 2. The van der Waals surface area contributed by atoms with Crippen LogP contribution in [0.2, 0.25) is 0 Å². The maximum absolute atomic E-state index is 9.31. The zero-order valence-corrected chi connectivity index (χ0v) is 11.4. The van der Waals surface area contributed by atoms with E-state index in [1.54, 1.807) is 42.6 Å². The van der Waals surface area contributed by atoms with Crippen molar-refractivity contribution in [2.24, 2.45) is 0 Å². The first-order valence-electron chi connectivity index (χ1n) is 5.54. The van der Waals surface area contributed by atoms with Gasteiger partial charge in [0.2, 0.25) is 0 Å². The van der Waals surface area contributed by atoms with Crippen LogP contribution in [0.3, 0.4) is 0 Å². The maximum atomic E-state index is 9.31. The summed E-state index contributed by atoms with van der Waals surface area (Å²) in [7, 11) is 0. The van der Waals surface area contributed by atoms with Crippen LogP contribution in [0.15, 0.2) is 66.9 Å². The van der Waals surface area contributed by atoms with Crippen LogP contribution < -0.4 is 0 Å². The molecular weight excluding hydrogens is 253 g/mol. The van der Waals surface area contributed by atoms with Gasteiger partial charge in [0.25, 0.3) is 0 Å². The Labute approximate surface area is 122 Å². The van der Waals surface area contributed by atoms with Gasteiger partial charge in [-0.2, -0.15) is 0 Å². The average molecular weight is 266 g/mol. The van der Waals surface area contributed by atoms with Crippen molar-refractivity contribution in [1.82, 2.24) is 4.98 Å². The van der Waals surface area contributed by atoms with E-state index in [0.29, 0.717) is 11.3 Å². The first kappa shape index (κ1) is 15.0. The van der Waals surface area contributed by atoms with Crippen LogP contribution >= 0.6 is 0 Å². The third kappa shape index (κ3) is 4.29. The molecule has 0 aliphatic carbocycles. The van der Waals surface area contributed by atoms with Gasteiger partial charge in [0.15, 0.2) is 0 Å². The Balaban J connectivity index is 0.000000198. The monoisotopic (exact) mass is 266 g/mol. The molecule has 0 bridgehead atoms. The molecule has 0 unspecified atom stereocenters. The van der Waals surface area contributed by atoms with E-state index in [1.165, 1.54) is 0 Å². The first-order chi connectivity index (χ1) is 8.77. The van der Waals surface area contributed by atoms with Crippen LogP contribution in [0, 0.1) is 0 Å². The highest BCUT2D eigenvalue weighted by Crippen LogP contribution is 2.20. The Kier molecular flexibility index (Phi) is 5.88. The largest absolute Gasteiger partial charge is 0.508 e. The highest BCUT2D eigenvalue weighted by Gasteiger charge is 1.96. The number of hydrogen-bond donors (Lipinski definition) is 2. The van der Waals surface area contributed by atoms with Gasteiger partial charge in [-0.15, -0.1) is 0 Å². The van der Waals surface area contributed by atoms with E-state index in [4.69, 9.17) is 5.11 Å². The van der Waals surface area contributed by atoms with Gasteiger partial charge in [-0.25, -0.2) is 0 Å². The van der Waals surface area contributed by atoms with Gasteiger partial charge in [-0.1, -0.05) is 36.4 Å². The summed E-state index contributed by atoms with van der Waals surface area (Å²) in [5.41, 5.74) is 0.662. The van der Waals surface area contributed by atoms with Crippen molar-refractivity contribution in [2.75, 3.05) is 0 Å². The fourth-order valence-corrected chi connectivity index (χ4v) is 1.52. The SMILES string of the molecule is Oc1cccc2cccnc12.Oc1ccccc1.[Al]. The molecule has 19 heavy (non-hydrogen) atoms. The predicted molar refractivity (Wildman–Crippen MR) is 77.3 cm³/mol. The minimum absolute atomic E-state index is 0. The second-order valence-electron chi connectivity index (χ2n) is 3.69. The third-order valence-electron chi connectivity index (χ3n) is 2.37. The summed E-state index contributed by atoms with van der Waals surface area (Å²) in [6, 6.07) is 17.8. The summed E-state index contributed by atoms with van der Waals surface area (Å²) in [5, 5.41) is 18.9. The molecule has 4 heteroatoms. The van der Waals surface area contributed by atoms with E-state index in [-0.39, 0.29) is 23.1 Å². The minimum Gasteiger partial charge on any atom is -0.508 e. The molecule has 0 atom stereocenters. The van der Waals surface area contributed by atoms with Gasteiger partial charge < -0.3 is 10.2 Å². The van der Waals surface area contributed by atoms with E-state index in [9.17, 15) is 5.11 Å². The van der Waals surface area contributed by atoms with E-state index in [2.05, 4.69) is 4.98 Å². The minimum atomic E-state index is 0. The number of aromatic hydroxyl groups is 2. The average Bonchev–Trinajstić information content (AvgIpc) is 2.41. The molecule has 0 saturated carbocycles. The number of aromatic nitrogens is 1. The van der Waals surface area contributed by atoms with E-state index in [1.807, 2.05) is 24.3 Å². The summed E-state index contributed by atoms with van der Waals surface area (Å²) in [5.74, 6) is 0.561.